The van der Waals surface area contributed by atoms with E-state index in [9.17, 15) is 10.1 Å². The summed E-state index contributed by atoms with van der Waals surface area (Å²) < 4.78 is 4.94. The predicted molar refractivity (Wildman–Crippen MR) is 106 cm³/mol. The van der Waals surface area contributed by atoms with Crippen molar-refractivity contribution in [2.75, 3.05) is 32.6 Å². The van der Waals surface area contributed by atoms with Crippen LogP contribution in [0.2, 0.25) is 0 Å². The summed E-state index contributed by atoms with van der Waals surface area (Å²) in [7, 11) is 3.28. The maximum absolute atomic E-state index is 10.7. The van der Waals surface area contributed by atoms with Crippen molar-refractivity contribution in [3.8, 4) is 0 Å². The quantitative estimate of drug-likeness (QED) is 0.161. The normalized spacial score (nSPS) is 21.0. The molecule has 1 saturated carbocycles. The van der Waals surface area contributed by atoms with Crippen LogP contribution in [-0.4, -0.2) is 49.2 Å². The van der Waals surface area contributed by atoms with Crippen molar-refractivity contribution < 1.29 is 9.66 Å². The minimum atomic E-state index is -0.462. The number of hydrogen-bond acceptors (Lipinski definition) is 8. The number of ether oxygens (including phenoxy) is 1. The number of thiazole rings is 1. The molecule has 1 aliphatic carbocycles. The first-order chi connectivity index (χ1) is 13.0. The predicted octanol–water partition coefficient (Wildman–Crippen LogP) is 1.43. The lowest BCUT2D eigenvalue weighted by molar-refractivity contribution is -0.404. The number of methoxy groups -OCH3 is 1. The Bertz CT molecular complexity index is 677. The Morgan fingerprint density at radius 2 is 2.41 bits per heavy atom. The third-order valence-electron chi connectivity index (χ3n) is 4.29. The molecule has 0 radical (unpaired) electrons. The molecule has 0 bridgehead atoms. The Balaban J connectivity index is 1.93. The molecule has 27 heavy (non-hydrogen) atoms. The van der Waals surface area contributed by atoms with Gasteiger partial charge < -0.3 is 26.4 Å². The van der Waals surface area contributed by atoms with Crippen LogP contribution >= 0.6 is 11.3 Å². The van der Waals surface area contributed by atoms with Gasteiger partial charge in [0, 0.05) is 31.5 Å². The van der Waals surface area contributed by atoms with Crippen LogP contribution in [0.3, 0.4) is 0 Å². The van der Waals surface area contributed by atoms with Crippen LogP contribution in [0.5, 0.6) is 0 Å². The molecule has 2 unspecified atom stereocenters. The largest absolute Gasteiger partial charge is 0.383 e. The smallest absolute Gasteiger partial charge is 0.274 e. The minimum Gasteiger partial charge on any atom is -0.383 e. The summed E-state index contributed by atoms with van der Waals surface area (Å²) >= 11 is 1.49. The third-order valence-corrected chi connectivity index (χ3v) is 5.07. The number of aromatic nitrogens is 1. The first-order valence-corrected chi connectivity index (χ1v) is 9.70. The summed E-state index contributed by atoms with van der Waals surface area (Å²) in [5.74, 6) is 1.05. The van der Waals surface area contributed by atoms with E-state index in [0.29, 0.717) is 36.0 Å². The highest BCUT2D eigenvalue weighted by Crippen LogP contribution is 2.34. The van der Waals surface area contributed by atoms with Crippen molar-refractivity contribution in [1.29, 1.82) is 0 Å². The van der Waals surface area contributed by atoms with Crippen LogP contribution < -0.4 is 21.7 Å². The maximum Gasteiger partial charge on any atom is 0.274 e. The number of nitro groups is 1. The SMILES string of the molecule is CNC(=C[N+](=O)[O-])NC1CCCC(c2csc(NC(N)=NCCOC)n2)C1. The van der Waals surface area contributed by atoms with Crippen LogP contribution in [-0.2, 0) is 4.74 Å². The fourth-order valence-corrected chi connectivity index (χ4v) is 3.83. The fourth-order valence-electron chi connectivity index (χ4n) is 3.03. The molecule has 0 spiro atoms. The van der Waals surface area contributed by atoms with Crippen molar-refractivity contribution in [2.45, 2.75) is 37.6 Å². The lowest BCUT2D eigenvalue weighted by Gasteiger charge is -2.29. The number of nitrogens with zero attached hydrogens (tertiary/aromatic N) is 3. The van der Waals surface area contributed by atoms with E-state index in [2.05, 4.69) is 25.9 Å². The number of guanidine groups is 1. The van der Waals surface area contributed by atoms with E-state index in [1.54, 1.807) is 14.2 Å². The van der Waals surface area contributed by atoms with E-state index < -0.39 is 4.92 Å². The highest BCUT2D eigenvalue weighted by molar-refractivity contribution is 7.13. The molecule has 0 saturated heterocycles. The van der Waals surface area contributed by atoms with Crippen molar-refractivity contribution in [2.24, 2.45) is 10.7 Å². The van der Waals surface area contributed by atoms with Gasteiger partial charge in [-0.2, -0.15) is 0 Å². The Labute approximate surface area is 162 Å². The number of aliphatic imine (C=N–C) groups is 1. The second-order valence-corrected chi connectivity index (χ2v) is 7.10. The van der Waals surface area contributed by atoms with E-state index in [1.807, 2.05) is 5.38 Å². The maximum atomic E-state index is 10.7. The average Bonchev–Trinajstić information content (AvgIpc) is 3.09. The van der Waals surface area contributed by atoms with Gasteiger partial charge in [0.15, 0.2) is 16.9 Å². The van der Waals surface area contributed by atoms with Crippen LogP contribution in [0.25, 0.3) is 0 Å². The molecule has 2 rings (SSSR count). The summed E-state index contributed by atoms with van der Waals surface area (Å²) in [6.45, 7) is 1.01. The zero-order valence-corrected chi connectivity index (χ0v) is 16.4. The Kier molecular flexibility index (Phi) is 8.27. The number of anilines is 1. The Hall–Kier alpha value is -2.40. The molecule has 150 valence electrons. The molecular formula is C16H27N7O3S. The highest BCUT2D eigenvalue weighted by Gasteiger charge is 2.25. The highest BCUT2D eigenvalue weighted by atomic mass is 32.1. The molecule has 1 fully saturated rings. The van der Waals surface area contributed by atoms with Crippen molar-refractivity contribution >= 4 is 22.4 Å². The summed E-state index contributed by atoms with van der Waals surface area (Å²) in [6, 6.07) is 0.168. The molecule has 5 N–H and O–H groups in total. The van der Waals surface area contributed by atoms with Crippen molar-refractivity contribution in [3.63, 3.8) is 0 Å². The molecule has 0 aromatic carbocycles. The number of nitrogens with two attached hydrogens (primary N) is 1. The monoisotopic (exact) mass is 397 g/mol. The molecule has 11 heteroatoms. The molecule has 1 heterocycles. The van der Waals surface area contributed by atoms with Crippen molar-refractivity contribution in [3.05, 3.63) is 33.2 Å². The number of nitrogens with one attached hydrogen (secondary N) is 3. The van der Waals surface area contributed by atoms with E-state index >= 15 is 0 Å². The lowest BCUT2D eigenvalue weighted by Crippen LogP contribution is -2.37. The van der Waals surface area contributed by atoms with E-state index in [-0.39, 0.29) is 6.04 Å². The molecule has 0 aliphatic heterocycles. The Morgan fingerprint density at radius 1 is 1.59 bits per heavy atom. The van der Waals surface area contributed by atoms with Gasteiger partial charge in [-0.25, -0.2) is 4.98 Å². The van der Waals surface area contributed by atoms with Gasteiger partial charge in [0.05, 0.1) is 23.8 Å². The Morgan fingerprint density at radius 3 is 3.11 bits per heavy atom. The third kappa shape index (κ3) is 7.02. The van der Waals surface area contributed by atoms with Gasteiger partial charge in [-0.3, -0.25) is 15.1 Å². The topological polar surface area (TPSA) is 140 Å². The molecule has 1 aromatic rings. The second kappa shape index (κ2) is 10.7. The van der Waals surface area contributed by atoms with Gasteiger partial charge in [0.25, 0.3) is 6.20 Å². The molecule has 10 nitrogen and oxygen atoms in total. The lowest BCUT2D eigenvalue weighted by atomic mass is 9.84. The molecular weight excluding hydrogens is 370 g/mol. The van der Waals surface area contributed by atoms with E-state index in [1.165, 1.54) is 11.3 Å². The minimum absolute atomic E-state index is 0.168. The van der Waals surface area contributed by atoms with E-state index in [0.717, 1.165) is 37.6 Å². The van der Waals surface area contributed by atoms with Crippen LogP contribution in [0.1, 0.15) is 37.3 Å². The zero-order valence-electron chi connectivity index (χ0n) is 15.6. The van der Waals surface area contributed by atoms with Crippen LogP contribution in [0.15, 0.2) is 22.4 Å². The first kappa shape index (κ1) is 20.9. The summed E-state index contributed by atoms with van der Waals surface area (Å²) in [5, 5.41) is 22.5. The van der Waals surface area contributed by atoms with Gasteiger partial charge in [0.1, 0.15) is 0 Å². The zero-order chi connectivity index (χ0) is 19.6. The van der Waals surface area contributed by atoms with Crippen LogP contribution in [0, 0.1) is 10.1 Å². The summed E-state index contributed by atoms with van der Waals surface area (Å²) in [5.41, 5.74) is 6.85. The summed E-state index contributed by atoms with van der Waals surface area (Å²) in [4.78, 5) is 19.0. The van der Waals surface area contributed by atoms with Gasteiger partial charge in [0.2, 0.25) is 0 Å². The molecule has 1 aromatic heterocycles. The average molecular weight is 398 g/mol. The summed E-state index contributed by atoms with van der Waals surface area (Å²) in [6.07, 6.45) is 4.89. The molecule has 0 amide bonds. The van der Waals surface area contributed by atoms with Crippen LogP contribution in [0.4, 0.5) is 5.13 Å². The second-order valence-electron chi connectivity index (χ2n) is 6.25. The van der Waals surface area contributed by atoms with Gasteiger partial charge in [-0.15, -0.1) is 11.3 Å². The van der Waals surface area contributed by atoms with Gasteiger partial charge in [-0.1, -0.05) is 6.42 Å². The molecule has 1 aliphatic rings. The number of rotatable bonds is 9. The van der Waals surface area contributed by atoms with Gasteiger partial charge >= 0.3 is 0 Å². The first-order valence-electron chi connectivity index (χ1n) is 8.82. The standard InChI is InChI=1S/C16H27N7O3S/c1-18-14(9-23(24)25)20-12-5-3-4-11(8-12)13-10-27-16(21-13)22-15(17)19-6-7-26-2/h9-12,18,20H,3-8H2,1-2H3,(H3,17,19,21,22). The molecule has 2 atom stereocenters. The number of hydrogen-bond donors (Lipinski definition) is 4. The van der Waals surface area contributed by atoms with E-state index in [4.69, 9.17) is 10.5 Å². The fraction of sp³-hybridized carbons (Fsp3) is 0.625. The van der Waals surface area contributed by atoms with Crippen molar-refractivity contribution in [1.82, 2.24) is 15.6 Å². The van der Waals surface area contributed by atoms with Gasteiger partial charge in [-0.05, 0) is 19.3 Å².